The van der Waals surface area contributed by atoms with E-state index >= 15 is 0 Å². The third-order valence-electron chi connectivity index (χ3n) is 4.38. The summed E-state index contributed by atoms with van der Waals surface area (Å²) in [6.45, 7) is 3.46. The topological polar surface area (TPSA) is 47.3 Å². The highest BCUT2D eigenvalue weighted by atomic mass is 79.9. The van der Waals surface area contributed by atoms with Crippen LogP contribution in [-0.2, 0) is 17.6 Å². The van der Waals surface area contributed by atoms with Gasteiger partial charge in [-0.1, -0.05) is 62.3 Å². The minimum atomic E-state index is 0.00722. The van der Waals surface area contributed by atoms with Crippen LogP contribution in [0.15, 0.2) is 30.3 Å². The SMILES string of the molecule is CC(COC(Br)CCCc1cc(N)cc(Cl)c1)NCCc1cc(Cl)c(Cl)cc1Cl. The molecule has 0 fully saturated rings. The largest absolute Gasteiger partial charge is 0.399 e. The van der Waals surface area contributed by atoms with Gasteiger partial charge in [-0.15, -0.1) is 0 Å². The van der Waals surface area contributed by atoms with Crippen molar-refractivity contribution in [2.24, 2.45) is 0 Å². The summed E-state index contributed by atoms with van der Waals surface area (Å²) in [6, 6.07) is 9.38. The first-order chi connectivity index (χ1) is 13.7. The van der Waals surface area contributed by atoms with Crippen molar-refractivity contribution in [1.82, 2.24) is 5.32 Å². The van der Waals surface area contributed by atoms with Crippen LogP contribution in [0.1, 0.15) is 30.9 Å². The predicted octanol–water partition coefficient (Wildman–Crippen LogP) is 7.16. The fourth-order valence-electron chi connectivity index (χ4n) is 2.89. The second kappa shape index (κ2) is 12.6. The van der Waals surface area contributed by atoms with Crippen molar-refractivity contribution in [3.05, 3.63) is 61.5 Å². The number of benzene rings is 2. The molecule has 160 valence electrons. The highest BCUT2D eigenvalue weighted by Gasteiger charge is 2.10. The molecule has 29 heavy (non-hydrogen) atoms. The molecule has 2 atom stereocenters. The summed E-state index contributed by atoms with van der Waals surface area (Å²) < 4.78 is 5.89. The van der Waals surface area contributed by atoms with Crippen molar-refractivity contribution in [3.8, 4) is 0 Å². The molecular formula is C21H25BrCl4N2O. The number of anilines is 1. The van der Waals surface area contributed by atoms with Crippen LogP contribution in [0.25, 0.3) is 0 Å². The molecule has 2 rings (SSSR count). The third-order valence-corrected chi connectivity index (χ3v) is 6.39. The second-order valence-electron chi connectivity index (χ2n) is 6.99. The molecule has 2 aromatic rings. The Hall–Kier alpha value is -0.200. The number of aryl methyl sites for hydroxylation is 1. The van der Waals surface area contributed by atoms with Crippen LogP contribution in [-0.4, -0.2) is 24.2 Å². The van der Waals surface area contributed by atoms with Crippen molar-refractivity contribution >= 4 is 68.0 Å². The number of alkyl halides is 1. The van der Waals surface area contributed by atoms with E-state index in [1.165, 1.54) is 0 Å². The van der Waals surface area contributed by atoms with Gasteiger partial charge in [-0.3, -0.25) is 0 Å². The number of nitrogen functional groups attached to an aromatic ring is 1. The van der Waals surface area contributed by atoms with E-state index in [1.54, 1.807) is 12.1 Å². The predicted molar refractivity (Wildman–Crippen MR) is 130 cm³/mol. The van der Waals surface area contributed by atoms with Gasteiger partial charge in [0.1, 0.15) is 5.01 Å². The van der Waals surface area contributed by atoms with E-state index in [9.17, 15) is 0 Å². The highest BCUT2D eigenvalue weighted by molar-refractivity contribution is 9.09. The van der Waals surface area contributed by atoms with E-state index in [0.29, 0.717) is 32.4 Å². The molecule has 0 spiro atoms. The van der Waals surface area contributed by atoms with Gasteiger partial charge < -0.3 is 15.8 Å². The first kappa shape index (κ1) is 25.1. The molecule has 0 bridgehead atoms. The van der Waals surface area contributed by atoms with Gasteiger partial charge in [-0.25, -0.2) is 0 Å². The number of hydrogen-bond acceptors (Lipinski definition) is 3. The number of hydrogen-bond donors (Lipinski definition) is 2. The van der Waals surface area contributed by atoms with Crippen LogP contribution in [0.4, 0.5) is 5.69 Å². The zero-order valence-corrected chi connectivity index (χ0v) is 20.8. The van der Waals surface area contributed by atoms with Crippen LogP contribution >= 0.6 is 62.3 Å². The van der Waals surface area contributed by atoms with Gasteiger partial charge in [0.2, 0.25) is 0 Å². The molecule has 2 unspecified atom stereocenters. The van der Waals surface area contributed by atoms with Gasteiger partial charge in [0.05, 0.1) is 16.7 Å². The average molecular weight is 543 g/mol. The lowest BCUT2D eigenvalue weighted by Gasteiger charge is -2.17. The number of halogens is 5. The van der Waals surface area contributed by atoms with E-state index in [0.717, 1.165) is 43.4 Å². The van der Waals surface area contributed by atoms with E-state index in [-0.39, 0.29) is 11.1 Å². The summed E-state index contributed by atoms with van der Waals surface area (Å²) in [5.41, 5.74) is 8.64. The average Bonchev–Trinajstić information content (AvgIpc) is 2.63. The van der Waals surface area contributed by atoms with Crippen molar-refractivity contribution < 1.29 is 4.74 Å². The number of rotatable bonds is 11. The summed E-state index contributed by atoms with van der Waals surface area (Å²) in [4.78, 5) is 0. The number of nitrogens with one attached hydrogen (secondary N) is 1. The third kappa shape index (κ3) is 9.22. The Bertz CT molecular complexity index is 786. The Morgan fingerprint density at radius 2 is 1.72 bits per heavy atom. The Morgan fingerprint density at radius 1 is 1.00 bits per heavy atom. The van der Waals surface area contributed by atoms with Crippen LogP contribution in [0.2, 0.25) is 20.1 Å². The molecule has 0 saturated carbocycles. The van der Waals surface area contributed by atoms with Gasteiger partial charge >= 0.3 is 0 Å². The number of nitrogens with two attached hydrogens (primary N) is 1. The van der Waals surface area contributed by atoms with Crippen molar-refractivity contribution in [2.75, 3.05) is 18.9 Å². The Morgan fingerprint density at radius 3 is 2.45 bits per heavy atom. The normalized spacial score (nSPS) is 13.4. The van der Waals surface area contributed by atoms with Crippen LogP contribution in [0, 0.1) is 0 Å². The summed E-state index contributed by atoms with van der Waals surface area (Å²) in [7, 11) is 0. The Labute approximate surface area is 201 Å². The quantitative estimate of drug-likeness (QED) is 0.180. The zero-order chi connectivity index (χ0) is 21.4. The minimum absolute atomic E-state index is 0.00722. The summed E-state index contributed by atoms with van der Waals surface area (Å²) in [6.07, 6.45) is 3.56. The molecule has 0 heterocycles. The van der Waals surface area contributed by atoms with Crippen molar-refractivity contribution in [2.45, 2.75) is 43.7 Å². The molecule has 0 aliphatic carbocycles. The fraction of sp³-hybridized carbons (Fsp3) is 0.429. The minimum Gasteiger partial charge on any atom is -0.399 e. The van der Waals surface area contributed by atoms with Crippen LogP contribution in [0.3, 0.4) is 0 Å². The van der Waals surface area contributed by atoms with Crippen LogP contribution < -0.4 is 11.1 Å². The van der Waals surface area contributed by atoms with E-state index in [2.05, 4.69) is 28.2 Å². The Balaban J connectivity index is 1.63. The van der Waals surface area contributed by atoms with Gasteiger partial charge in [0.15, 0.2) is 0 Å². The molecule has 3 nitrogen and oxygen atoms in total. The highest BCUT2D eigenvalue weighted by Crippen LogP contribution is 2.29. The van der Waals surface area contributed by atoms with Gasteiger partial charge in [0.25, 0.3) is 0 Å². The lowest BCUT2D eigenvalue weighted by molar-refractivity contribution is 0.0938. The smallest absolute Gasteiger partial charge is 0.112 e. The van der Waals surface area contributed by atoms with Gasteiger partial charge in [-0.2, -0.15) is 0 Å². The molecule has 0 aliphatic heterocycles. The van der Waals surface area contributed by atoms with Crippen molar-refractivity contribution in [3.63, 3.8) is 0 Å². The summed E-state index contributed by atoms with van der Waals surface area (Å²) >= 11 is 27.9. The lowest BCUT2D eigenvalue weighted by Crippen LogP contribution is -2.33. The number of ether oxygens (including phenoxy) is 1. The lowest BCUT2D eigenvalue weighted by atomic mass is 10.1. The molecule has 3 N–H and O–H groups in total. The maximum absolute atomic E-state index is 6.21. The zero-order valence-electron chi connectivity index (χ0n) is 16.2. The standard InChI is InChI=1S/C21H25BrCl4N2O/c1-13(28-6-5-15-9-19(25)20(26)11-18(15)24)12-29-21(22)4-2-3-14-7-16(23)10-17(27)8-14/h7-11,13,21,28H,2-6,12,27H2,1H3. The molecular weight excluding hydrogens is 518 g/mol. The maximum atomic E-state index is 6.21. The van der Waals surface area contributed by atoms with Gasteiger partial charge in [-0.05, 0) is 80.6 Å². The van der Waals surface area contributed by atoms with Crippen LogP contribution in [0.5, 0.6) is 0 Å². The summed E-state index contributed by atoms with van der Waals surface area (Å²) in [5.74, 6) is 0. The molecule has 0 amide bonds. The maximum Gasteiger partial charge on any atom is 0.112 e. The first-order valence-corrected chi connectivity index (χ1v) is 11.8. The monoisotopic (exact) mass is 540 g/mol. The molecule has 8 heteroatoms. The van der Waals surface area contributed by atoms with Crippen molar-refractivity contribution in [1.29, 1.82) is 0 Å². The van der Waals surface area contributed by atoms with E-state index in [4.69, 9.17) is 56.9 Å². The van der Waals surface area contributed by atoms with E-state index in [1.807, 2.05) is 18.2 Å². The molecule has 0 radical (unpaired) electrons. The first-order valence-electron chi connectivity index (χ1n) is 9.42. The molecule has 0 saturated heterocycles. The summed E-state index contributed by atoms with van der Waals surface area (Å²) in [5, 5.41) is 5.73. The molecule has 2 aromatic carbocycles. The Kier molecular flexibility index (Phi) is 10.9. The second-order valence-corrected chi connectivity index (χ2v) is 9.67. The van der Waals surface area contributed by atoms with Gasteiger partial charge in [0, 0.05) is 21.8 Å². The fourth-order valence-corrected chi connectivity index (χ4v) is 4.29. The van der Waals surface area contributed by atoms with E-state index < -0.39 is 0 Å². The molecule has 0 aliphatic rings. The molecule has 0 aromatic heterocycles.